The van der Waals surface area contributed by atoms with E-state index in [2.05, 4.69) is 31.9 Å². The Bertz CT molecular complexity index is 380. The SMILES string of the molecule is CC(=O)C(Br)c1cc(Br)cc(C(F)F)c1. The quantitative estimate of drug-likeness (QED) is 0.744. The molecule has 0 saturated heterocycles. The van der Waals surface area contributed by atoms with E-state index in [-0.39, 0.29) is 11.3 Å². The normalized spacial score (nSPS) is 12.9. The minimum absolute atomic E-state index is 0.0925. The van der Waals surface area contributed by atoms with Crippen molar-refractivity contribution < 1.29 is 13.6 Å². The Labute approximate surface area is 103 Å². The first kappa shape index (κ1) is 12.8. The third kappa shape index (κ3) is 3.34. The maximum Gasteiger partial charge on any atom is 0.263 e. The van der Waals surface area contributed by atoms with E-state index < -0.39 is 11.3 Å². The molecule has 1 atom stereocenters. The molecular formula is C10H8Br2F2O. The van der Waals surface area contributed by atoms with Crippen LogP contribution in [0.2, 0.25) is 0 Å². The molecule has 0 saturated carbocycles. The highest BCUT2D eigenvalue weighted by molar-refractivity contribution is 9.10. The zero-order valence-corrected chi connectivity index (χ0v) is 11.0. The zero-order chi connectivity index (χ0) is 11.6. The van der Waals surface area contributed by atoms with Gasteiger partial charge in [-0.2, -0.15) is 0 Å². The largest absolute Gasteiger partial charge is 0.298 e. The van der Waals surface area contributed by atoms with Crippen LogP contribution in [0.25, 0.3) is 0 Å². The molecule has 0 aliphatic carbocycles. The summed E-state index contributed by atoms with van der Waals surface area (Å²) in [6, 6.07) is 4.32. The molecule has 0 aliphatic heterocycles. The van der Waals surface area contributed by atoms with Crippen molar-refractivity contribution in [2.24, 2.45) is 0 Å². The maximum absolute atomic E-state index is 12.5. The zero-order valence-electron chi connectivity index (χ0n) is 7.81. The number of rotatable bonds is 3. The van der Waals surface area contributed by atoms with Gasteiger partial charge >= 0.3 is 0 Å². The predicted molar refractivity (Wildman–Crippen MR) is 61.4 cm³/mol. The molecule has 0 amide bonds. The topological polar surface area (TPSA) is 17.1 Å². The summed E-state index contributed by atoms with van der Waals surface area (Å²) in [5.74, 6) is -0.117. The van der Waals surface area contributed by atoms with Crippen LogP contribution in [0, 0.1) is 0 Å². The second kappa shape index (κ2) is 5.16. The Hall–Kier alpha value is -0.290. The molecule has 0 aromatic heterocycles. The molecular weight excluding hydrogens is 334 g/mol. The summed E-state index contributed by atoms with van der Waals surface area (Å²) in [7, 11) is 0. The third-order valence-corrected chi connectivity index (χ3v) is 3.48. The summed E-state index contributed by atoms with van der Waals surface area (Å²) < 4.78 is 25.5. The van der Waals surface area contributed by atoms with Crippen molar-refractivity contribution in [3.8, 4) is 0 Å². The molecule has 0 radical (unpaired) electrons. The standard InChI is InChI=1S/C10H8Br2F2O/c1-5(15)9(12)6-2-7(10(13)14)4-8(11)3-6/h2-4,9-10H,1H3. The molecule has 82 valence electrons. The van der Waals surface area contributed by atoms with Crippen LogP contribution in [0.4, 0.5) is 8.78 Å². The van der Waals surface area contributed by atoms with Crippen molar-refractivity contribution in [3.05, 3.63) is 33.8 Å². The summed E-state index contributed by atoms with van der Waals surface area (Å²) >= 11 is 6.29. The first-order valence-electron chi connectivity index (χ1n) is 4.15. The molecule has 0 fully saturated rings. The monoisotopic (exact) mass is 340 g/mol. The van der Waals surface area contributed by atoms with Gasteiger partial charge in [0.25, 0.3) is 6.43 Å². The fourth-order valence-electron chi connectivity index (χ4n) is 1.14. The summed E-state index contributed by atoms with van der Waals surface area (Å²) in [5.41, 5.74) is 0.442. The van der Waals surface area contributed by atoms with E-state index in [0.29, 0.717) is 10.0 Å². The van der Waals surface area contributed by atoms with Crippen LogP contribution in [-0.2, 0) is 4.79 Å². The lowest BCUT2D eigenvalue weighted by Gasteiger charge is -2.09. The molecule has 0 bridgehead atoms. The van der Waals surface area contributed by atoms with E-state index in [1.54, 1.807) is 6.07 Å². The molecule has 1 nitrogen and oxygen atoms in total. The van der Waals surface area contributed by atoms with Crippen molar-refractivity contribution in [1.82, 2.24) is 0 Å². The molecule has 0 heterocycles. The second-order valence-electron chi connectivity index (χ2n) is 3.09. The number of Topliss-reactive ketones (excluding diaryl/α,β-unsaturated/α-hetero) is 1. The molecule has 1 aromatic rings. The molecule has 5 heteroatoms. The Morgan fingerprint density at radius 1 is 1.27 bits per heavy atom. The first-order chi connectivity index (χ1) is 6.91. The molecule has 0 spiro atoms. The summed E-state index contributed by atoms with van der Waals surface area (Å²) in [6.07, 6.45) is -2.53. The van der Waals surface area contributed by atoms with E-state index in [0.717, 1.165) is 0 Å². The predicted octanol–water partition coefficient (Wildman–Crippen LogP) is 4.41. The van der Waals surface area contributed by atoms with E-state index in [1.165, 1.54) is 19.1 Å². The van der Waals surface area contributed by atoms with Gasteiger partial charge in [-0.05, 0) is 30.7 Å². The van der Waals surface area contributed by atoms with Gasteiger partial charge in [-0.1, -0.05) is 31.9 Å². The van der Waals surface area contributed by atoms with Crippen molar-refractivity contribution in [3.63, 3.8) is 0 Å². The molecule has 0 N–H and O–H groups in total. The van der Waals surface area contributed by atoms with Gasteiger partial charge < -0.3 is 0 Å². The minimum atomic E-state index is -2.53. The average Bonchev–Trinajstić information content (AvgIpc) is 2.15. The Kier molecular flexibility index (Phi) is 4.40. The smallest absolute Gasteiger partial charge is 0.263 e. The number of carbonyl (C=O) groups excluding carboxylic acids is 1. The minimum Gasteiger partial charge on any atom is -0.298 e. The summed E-state index contributed by atoms with van der Waals surface area (Å²) in [5, 5.41) is 0. The lowest BCUT2D eigenvalue weighted by atomic mass is 10.1. The van der Waals surface area contributed by atoms with Gasteiger partial charge in [0.05, 0.1) is 4.83 Å². The van der Waals surface area contributed by atoms with Crippen molar-refractivity contribution in [2.45, 2.75) is 18.2 Å². The summed E-state index contributed by atoms with van der Waals surface area (Å²) in [6.45, 7) is 1.41. The molecule has 0 aliphatic rings. The number of halogens is 4. The van der Waals surface area contributed by atoms with Crippen molar-refractivity contribution in [2.75, 3.05) is 0 Å². The number of ketones is 1. The number of carbonyl (C=O) groups is 1. The van der Waals surface area contributed by atoms with Crippen LogP contribution in [0.15, 0.2) is 22.7 Å². The van der Waals surface area contributed by atoms with Gasteiger partial charge in [0, 0.05) is 10.0 Å². The van der Waals surface area contributed by atoms with E-state index in [4.69, 9.17) is 0 Å². The van der Waals surface area contributed by atoms with Crippen molar-refractivity contribution >= 4 is 37.6 Å². The maximum atomic E-state index is 12.5. The Morgan fingerprint density at radius 3 is 2.27 bits per heavy atom. The van der Waals surface area contributed by atoms with Crippen LogP contribution < -0.4 is 0 Å². The van der Waals surface area contributed by atoms with Crippen LogP contribution >= 0.6 is 31.9 Å². The molecule has 15 heavy (non-hydrogen) atoms. The first-order valence-corrected chi connectivity index (χ1v) is 5.85. The summed E-state index contributed by atoms with van der Waals surface area (Å²) in [4.78, 5) is 10.6. The van der Waals surface area contributed by atoms with Gasteiger partial charge in [0.2, 0.25) is 0 Å². The highest BCUT2D eigenvalue weighted by Crippen LogP contribution is 2.31. The van der Waals surface area contributed by atoms with Crippen LogP contribution in [0.5, 0.6) is 0 Å². The lowest BCUT2D eigenvalue weighted by molar-refractivity contribution is -0.116. The van der Waals surface area contributed by atoms with E-state index in [1.807, 2.05) is 0 Å². The van der Waals surface area contributed by atoms with Crippen LogP contribution in [-0.4, -0.2) is 5.78 Å². The van der Waals surface area contributed by atoms with E-state index in [9.17, 15) is 13.6 Å². The van der Waals surface area contributed by atoms with Gasteiger partial charge in [0.1, 0.15) is 5.78 Å². The van der Waals surface area contributed by atoms with Gasteiger partial charge in [0.15, 0.2) is 0 Å². The number of hydrogen-bond acceptors (Lipinski definition) is 1. The fraction of sp³-hybridized carbons (Fsp3) is 0.300. The molecule has 1 rings (SSSR count). The van der Waals surface area contributed by atoms with Crippen molar-refractivity contribution in [1.29, 1.82) is 0 Å². The average molecular weight is 342 g/mol. The molecule has 1 aromatic carbocycles. The molecule has 1 unspecified atom stereocenters. The van der Waals surface area contributed by atoms with Gasteiger partial charge in [-0.25, -0.2) is 8.78 Å². The Morgan fingerprint density at radius 2 is 1.80 bits per heavy atom. The number of alkyl halides is 3. The fourth-order valence-corrected chi connectivity index (χ4v) is 1.94. The highest BCUT2D eigenvalue weighted by Gasteiger charge is 2.16. The second-order valence-corrected chi connectivity index (χ2v) is 4.92. The van der Waals surface area contributed by atoms with Gasteiger partial charge in [-0.15, -0.1) is 0 Å². The highest BCUT2D eigenvalue weighted by atomic mass is 79.9. The number of benzene rings is 1. The third-order valence-electron chi connectivity index (χ3n) is 1.84. The van der Waals surface area contributed by atoms with Crippen LogP contribution in [0.1, 0.15) is 29.3 Å². The number of hydrogen-bond donors (Lipinski definition) is 0. The van der Waals surface area contributed by atoms with Gasteiger partial charge in [-0.3, -0.25) is 4.79 Å². The van der Waals surface area contributed by atoms with E-state index >= 15 is 0 Å². The Balaban J connectivity index is 3.14. The lowest BCUT2D eigenvalue weighted by Crippen LogP contribution is -2.02. The van der Waals surface area contributed by atoms with Crippen LogP contribution in [0.3, 0.4) is 0 Å².